The molecule has 0 radical (unpaired) electrons. The van der Waals surface area contributed by atoms with Crippen LogP contribution in [0.5, 0.6) is 5.75 Å². The molecule has 0 bridgehead atoms. The van der Waals surface area contributed by atoms with Gasteiger partial charge in [0.2, 0.25) is 0 Å². The monoisotopic (exact) mass is 292 g/mol. The summed E-state index contributed by atoms with van der Waals surface area (Å²) in [5.74, 6) is 0.764. The van der Waals surface area contributed by atoms with Crippen molar-refractivity contribution < 1.29 is 9.84 Å². The van der Waals surface area contributed by atoms with Gasteiger partial charge in [-0.05, 0) is 38.4 Å². The van der Waals surface area contributed by atoms with Crippen LogP contribution in [0.4, 0.5) is 5.69 Å². The average molecular weight is 292 g/mol. The van der Waals surface area contributed by atoms with E-state index in [1.165, 1.54) is 12.8 Å². The van der Waals surface area contributed by atoms with Crippen LogP contribution in [0.3, 0.4) is 0 Å². The van der Waals surface area contributed by atoms with Gasteiger partial charge in [0.25, 0.3) is 0 Å². The molecule has 1 fully saturated rings. The van der Waals surface area contributed by atoms with Gasteiger partial charge in [-0.25, -0.2) is 0 Å². The average Bonchev–Trinajstić information content (AvgIpc) is 2.53. The first kappa shape index (κ1) is 16.1. The van der Waals surface area contributed by atoms with Crippen LogP contribution in [-0.2, 0) is 0 Å². The highest BCUT2D eigenvalue weighted by Crippen LogP contribution is 2.36. The number of rotatable bonds is 5. The van der Waals surface area contributed by atoms with Crippen molar-refractivity contribution in [3.8, 4) is 5.75 Å². The standard InChI is InChI=1S/C17H28N2O2/c1-5-19-11-9-14(10-12-19)18(3)15-7-6-8-16(21-4)17(15)13(2)20/h6-8,13-14,20H,5,9-12H2,1-4H3/t13-/m0/s1. The Balaban J connectivity index is 2.21. The van der Waals surface area contributed by atoms with Crippen LogP contribution in [0.2, 0.25) is 0 Å². The maximum atomic E-state index is 10.1. The zero-order valence-electron chi connectivity index (χ0n) is 13.7. The SMILES string of the molecule is CCN1CCC(N(C)c2cccc(OC)c2[C@H](C)O)CC1. The number of methoxy groups -OCH3 is 1. The number of nitrogens with zero attached hydrogens (tertiary/aromatic N) is 2. The van der Waals surface area contributed by atoms with Gasteiger partial charge in [-0.1, -0.05) is 13.0 Å². The van der Waals surface area contributed by atoms with Gasteiger partial charge in [0, 0.05) is 37.4 Å². The molecular weight excluding hydrogens is 264 g/mol. The number of hydrogen-bond acceptors (Lipinski definition) is 4. The first-order valence-electron chi connectivity index (χ1n) is 7.88. The quantitative estimate of drug-likeness (QED) is 0.905. The fourth-order valence-corrected chi connectivity index (χ4v) is 3.26. The van der Waals surface area contributed by atoms with Crippen molar-refractivity contribution in [3.05, 3.63) is 23.8 Å². The predicted molar refractivity (Wildman–Crippen MR) is 87.2 cm³/mol. The molecule has 1 aromatic carbocycles. The molecule has 0 amide bonds. The predicted octanol–water partition coefficient (Wildman–Crippen LogP) is 2.67. The Morgan fingerprint density at radius 2 is 2.05 bits per heavy atom. The van der Waals surface area contributed by atoms with E-state index in [2.05, 4.69) is 29.8 Å². The fraction of sp³-hybridized carbons (Fsp3) is 0.647. The third-order valence-electron chi connectivity index (χ3n) is 4.61. The maximum Gasteiger partial charge on any atom is 0.126 e. The van der Waals surface area contributed by atoms with Gasteiger partial charge in [-0.3, -0.25) is 0 Å². The van der Waals surface area contributed by atoms with Gasteiger partial charge >= 0.3 is 0 Å². The Labute approximate surface area is 128 Å². The lowest BCUT2D eigenvalue weighted by Crippen LogP contribution is -2.43. The van der Waals surface area contributed by atoms with E-state index >= 15 is 0 Å². The molecule has 1 heterocycles. The van der Waals surface area contributed by atoms with Gasteiger partial charge in [-0.15, -0.1) is 0 Å². The number of anilines is 1. The second kappa shape index (κ2) is 7.14. The smallest absolute Gasteiger partial charge is 0.126 e. The molecule has 1 N–H and O–H groups in total. The lowest BCUT2D eigenvalue weighted by atomic mass is 10.00. The molecule has 118 valence electrons. The van der Waals surface area contributed by atoms with Crippen molar-refractivity contribution in [1.29, 1.82) is 0 Å². The topological polar surface area (TPSA) is 35.9 Å². The zero-order valence-corrected chi connectivity index (χ0v) is 13.7. The number of aliphatic hydroxyl groups excluding tert-OH is 1. The molecule has 0 spiro atoms. The Morgan fingerprint density at radius 1 is 1.38 bits per heavy atom. The van der Waals surface area contributed by atoms with Gasteiger partial charge in [0.15, 0.2) is 0 Å². The highest BCUT2D eigenvalue weighted by molar-refractivity contribution is 5.60. The van der Waals surface area contributed by atoms with E-state index in [0.717, 1.165) is 36.6 Å². The minimum absolute atomic E-state index is 0.525. The molecule has 0 unspecified atom stereocenters. The third-order valence-corrected chi connectivity index (χ3v) is 4.61. The minimum atomic E-state index is -0.533. The molecule has 0 aliphatic carbocycles. The van der Waals surface area contributed by atoms with E-state index in [9.17, 15) is 5.11 Å². The largest absolute Gasteiger partial charge is 0.496 e. The van der Waals surface area contributed by atoms with E-state index in [0.29, 0.717) is 6.04 Å². The fourth-order valence-electron chi connectivity index (χ4n) is 3.26. The van der Waals surface area contributed by atoms with Crippen LogP contribution in [0.1, 0.15) is 38.4 Å². The minimum Gasteiger partial charge on any atom is -0.496 e. The van der Waals surface area contributed by atoms with Crippen LogP contribution in [0, 0.1) is 0 Å². The van der Waals surface area contributed by atoms with Gasteiger partial charge in [0.05, 0.1) is 13.2 Å². The van der Waals surface area contributed by atoms with E-state index < -0.39 is 6.10 Å². The van der Waals surface area contributed by atoms with Crippen molar-refractivity contribution in [3.63, 3.8) is 0 Å². The van der Waals surface area contributed by atoms with Crippen LogP contribution in [0.15, 0.2) is 18.2 Å². The van der Waals surface area contributed by atoms with Gasteiger partial charge in [0.1, 0.15) is 5.75 Å². The summed E-state index contributed by atoms with van der Waals surface area (Å²) in [6.45, 7) is 7.46. The highest BCUT2D eigenvalue weighted by Gasteiger charge is 2.25. The Kier molecular flexibility index (Phi) is 5.48. The second-order valence-corrected chi connectivity index (χ2v) is 5.85. The summed E-state index contributed by atoms with van der Waals surface area (Å²) < 4.78 is 5.42. The number of benzene rings is 1. The zero-order chi connectivity index (χ0) is 15.4. The number of ether oxygens (including phenoxy) is 1. The molecule has 0 saturated carbocycles. The Bertz CT molecular complexity index is 454. The first-order valence-corrected chi connectivity index (χ1v) is 7.88. The summed E-state index contributed by atoms with van der Waals surface area (Å²) in [4.78, 5) is 4.81. The summed E-state index contributed by atoms with van der Waals surface area (Å²) in [5, 5.41) is 10.1. The Hall–Kier alpha value is -1.26. The second-order valence-electron chi connectivity index (χ2n) is 5.85. The molecule has 21 heavy (non-hydrogen) atoms. The van der Waals surface area contributed by atoms with Crippen molar-refractivity contribution >= 4 is 5.69 Å². The summed E-state index contributed by atoms with van der Waals surface area (Å²) in [6, 6.07) is 6.52. The van der Waals surface area contributed by atoms with Crippen LogP contribution in [0.25, 0.3) is 0 Å². The summed E-state index contributed by atoms with van der Waals surface area (Å²) in [6.07, 6.45) is 1.80. The molecule has 1 aliphatic rings. The normalized spacial score (nSPS) is 18.5. The maximum absolute atomic E-state index is 10.1. The number of aliphatic hydroxyl groups is 1. The third kappa shape index (κ3) is 3.50. The lowest BCUT2D eigenvalue weighted by Gasteiger charge is -2.38. The van der Waals surface area contributed by atoms with Crippen LogP contribution in [-0.4, -0.2) is 49.8 Å². The van der Waals surface area contributed by atoms with Crippen molar-refractivity contribution in [2.24, 2.45) is 0 Å². The van der Waals surface area contributed by atoms with E-state index in [-0.39, 0.29) is 0 Å². The van der Waals surface area contributed by atoms with Crippen LogP contribution < -0.4 is 9.64 Å². The molecule has 1 atom stereocenters. The molecule has 0 aromatic heterocycles. The molecular formula is C17H28N2O2. The molecule has 4 heteroatoms. The van der Waals surface area contributed by atoms with Crippen molar-refractivity contribution in [2.45, 2.75) is 38.8 Å². The van der Waals surface area contributed by atoms with Crippen molar-refractivity contribution in [1.82, 2.24) is 4.90 Å². The van der Waals surface area contributed by atoms with E-state index in [1.54, 1.807) is 14.0 Å². The summed E-state index contributed by atoms with van der Waals surface area (Å²) in [5.41, 5.74) is 1.97. The molecule has 1 saturated heterocycles. The van der Waals surface area contributed by atoms with Crippen LogP contribution >= 0.6 is 0 Å². The van der Waals surface area contributed by atoms with E-state index in [1.807, 2.05) is 12.1 Å². The number of hydrogen-bond donors (Lipinski definition) is 1. The van der Waals surface area contributed by atoms with E-state index in [4.69, 9.17) is 4.74 Å². The number of likely N-dealkylation sites (tertiary alicyclic amines) is 1. The molecule has 4 nitrogen and oxygen atoms in total. The summed E-state index contributed by atoms with van der Waals surface area (Å²) >= 11 is 0. The molecule has 1 aliphatic heterocycles. The number of piperidine rings is 1. The van der Waals surface area contributed by atoms with Gasteiger partial charge < -0.3 is 19.6 Å². The summed E-state index contributed by atoms with van der Waals surface area (Å²) in [7, 11) is 3.79. The molecule has 2 rings (SSSR count). The molecule has 1 aromatic rings. The highest BCUT2D eigenvalue weighted by atomic mass is 16.5. The Morgan fingerprint density at radius 3 is 2.57 bits per heavy atom. The van der Waals surface area contributed by atoms with Gasteiger partial charge in [-0.2, -0.15) is 0 Å². The lowest BCUT2D eigenvalue weighted by molar-refractivity contribution is 0.193. The first-order chi connectivity index (χ1) is 10.1. The van der Waals surface area contributed by atoms with Crippen molar-refractivity contribution in [2.75, 3.05) is 38.7 Å².